The number of hydrogen-bond donors (Lipinski definition) is 0. The monoisotopic (exact) mass is 612 g/mol. The third kappa shape index (κ3) is 37.5. The van der Waals surface area contributed by atoms with Crippen LogP contribution < -0.4 is 51.4 Å². The van der Waals surface area contributed by atoms with Gasteiger partial charge in [-0.2, -0.15) is 0 Å². The van der Waals surface area contributed by atoms with Crippen LogP contribution in [0, 0.1) is 5.92 Å². The Hall–Kier alpha value is 1.51. The van der Waals surface area contributed by atoms with E-state index in [-0.39, 0.29) is 63.9 Å². The molecule has 0 spiro atoms. The van der Waals surface area contributed by atoms with Crippen molar-refractivity contribution in [3.05, 3.63) is 0 Å². The second-order valence-electron chi connectivity index (χ2n) is 12.3. The van der Waals surface area contributed by atoms with Crippen LogP contribution in [0.5, 0.6) is 0 Å². The molecule has 0 heterocycles. The Kier molecular flexibility index (Phi) is 38.2. The summed E-state index contributed by atoms with van der Waals surface area (Å²) in [4.78, 5) is 0. The third-order valence-corrected chi connectivity index (χ3v) is 8.80. The molecule has 4 nitrogen and oxygen atoms in total. The van der Waals surface area contributed by atoms with Gasteiger partial charge in [0.25, 0.3) is 0 Å². The molecule has 6 heteroatoms. The van der Waals surface area contributed by atoms with Crippen molar-refractivity contribution in [1.29, 1.82) is 0 Å². The first kappa shape index (κ1) is 43.6. The van der Waals surface area contributed by atoms with Crippen LogP contribution in [0.25, 0.3) is 0 Å². The second kappa shape index (κ2) is 35.0. The van der Waals surface area contributed by atoms with Crippen molar-refractivity contribution in [2.24, 2.45) is 5.92 Å². The minimum absolute atomic E-state index is 0. The van der Waals surface area contributed by atoms with Gasteiger partial charge in [0.05, 0.1) is 6.61 Å². The van der Waals surface area contributed by atoms with Gasteiger partial charge in [0.15, 0.2) is 0 Å². The van der Waals surface area contributed by atoms with Gasteiger partial charge >= 0.3 is 51.4 Å². The van der Waals surface area contributed by atoms with Crippen molar-refractivity contribution in [2.45, 2.75) is 206 Å². The molecule has 0 N–H and O–H groups in total. The predicted molar refractivity (Wildman–Crippen MR) is 169 cm³/mol. The molecule has 0 amide bonds. The molecule has 0 aromatic heterocycles. The molecule has 0 aromatic rings. The van der Waals surface area contributed by atoms with E-state index in [2.05, 4.69) is 18.0 Å². The van der Waals surface area contributed by atoms with Crippen LogP contribution in [0.15, 0.2) is 0 Å². The Balaban J connectivity index is 0. The van der Waals surface area contributed by atoms with Crippen molar-refractivity contribution in [3.63, 3.8) is 0 Å². The van der Waals surface area contributed by atoms with Crippen molar-refractivity contribution < 1.29 is 68.5 Å². The van der Waals surface area contributed by atoms with Gasteiger partial charge in [0.2, 0.25) is 10.4 Å². The third-order valence-electron chi connectivity index (χ3n) is 8.38. The molecular weight excluding hydrogens is 544 g/mol. The summed E-state index contributed by atoms with van der Waals surface area (Å²) in [6, 6.07) is 0. The minimum atomic E-state index is -4.59. The topological polar surface area (TPSA) is 66.4 Å². The van der Waals surface area contributed by atoms with Gasteiger partial charge < -0.3 is 4.55 Å². The molecule has 0 saturated heterocycles. The molecular formula is C34H69KO4S. The fourth-order valence-electron chi connectivity index (χ4n) is 5.75. The van der Waals surface area contributed by atoms with Crippen molar-refractivity contribution in [3.8, 4) is 0 Å². The zero-order valence-electron chi connectivity index (χ0n) is 27.5. The largest absolute Gasteiger partial charge is 1.00 e. The first-order valence-corrected chi connectivity index (χ1v) is 18.9. The van der Waals surface area contributed by atoms with Crippen molar-refractivity contribution in [1.82, 2.24) is 0 Å². The Labute approximate surface area is 295 Å². The first-order chi connectivity index (χ1) is 19.0. The summed E-state index contributed by atoms with van der Waals surface area (Å²) in [6.07, 6.45) is 39.5. The number of hydrogen-bond acceptors (Lipinski definition) is 4. The average Bonchev–Trinajstić information content (AvgIpc) is 2.91. The molecule has 0 atom stereocenters. The molecule has 0 aliphatic rings. The van der Waals surface area contributed by atoms with Gasteiger partial charge in [-0.05, 0) is 18.8 Å². The first-order valence-electron chi connectivity index (χ1n) is 17.6. The van der Waals surface area contributed by atoms with E-state index in [0.29, 0.717) is 0 Å². The van der Waals surface area contributed by atoms with Gasteiger partial charge in [0, 0.05) is 0 Å². The standard InChI is InChI=1S/C34H70O4S.K/c1-3-5-7-9-11-13-15-17-19-21-23-25-27-29-31-34(33-38-39(35,36)37)32-30-28-26-24-22-20-18-16-14-12-10-8-6-4-2;/h34H,3-33H2,1-2H3,(H,35,36,37);/q;+1/p-1. The molecule has 0 rings (SSSR count). The molecule has 0 fully saturated rings. The summed E-state index contributed by atoms with van der Waals surface area (Å²) >= 11 is 0. The van der Waals surface area contributed by atoms with Gasteiger partial charge in [0.1, 0.15) is 0 Å². The van der Waals surface area contributed by atoms with E-state index in [0.717, 1.165) is 25.7 Å². The zero-order chi connectivity index (χ0) is 28.7. The van der Waals surface area contributed by atoms with Crippen LogP contribution in [0.3, 0.4) is 0 Å². The smallest absolute Gasteiger partial charge is 0.726 e. The van der Waals surface area contributed by atoms with Gasteiger partial charge in [-0.25, -0.2) is 8.42 Å². The second-order valence-corrected chi connectivity index (χ2v) is 13.4. The Morgan fingerprint density at radius 1 is 0.450 bits per heavy atom. The maximum Gasteiger partial charge on any atom is 1.00 e. The average molecular weight is 613 g/mol. The van der Waals surface area contributed by atoms with Crippen LogP contribution in [-0.2, 0) is 14.6 Å². The van der Waals surface area contributed by atoms with E-state index in [4.69, 9.17) is 0 Å². The quantitative estimate of drug-likeness (QED) is 0.0321. The Morgan fingerprint density at radius 2 is 0.675 bits per heavy atom. The van der Waals surface area contributed by atoms with Crippen LogP contribution in [0.1, 0.15) is 206 Å². The van der Waals surface area contributed by atoms with E-state index in [1.165, 1.54) is 167 Å². The van der Waals surface area contributed by atoms with Gasteiger partial charge in [-0.15, -0.1) is 0 Å². The molecule has 40 heavy (non-hydrogen) atoms. The molecule has 0 aromatic carbocycles. The van der Waals surface area contributed by atoms with E-state index in [1.807, 2.05) is 0 Å². The van der Waals surface area contributed by atoms with E-state index < -0.39 is 10.4 Å². The zero-order valence-corrected chi connectivity index (χ0v) is 31.5. The van der Waals surface area contributed by atoms with Crippen molar-refractivity contribution in [2.75, 3.05) is 6.61 Å². The molecule has 0 radical (unpaired) electrons. The van der Waals surface area contributed by atoms with E-state index >= 15 is 0 Å². The maximum absolute atomic E-state index is 11.0. The van der Waals surface area contributed by atoms with Gasteiger partial charge in [-0.1, -0.05) is 194 Å². The molecule has 0 saturated carbocycles. The number of rotatable bonds is 33. The molecule has 0 bridgehead atoms. The summed E-state index contributed by atoms with van der Waals surface area (Å²) in [7, 11) is -4.59. The molecule has 236 valence electrons. The summed E-state index contributed by atoms with van der Waals surface area (Å²) < 4.78 is 37.5. The van der Waals surface area contributed by atoms with Crippen LogP contribution >= 0.6 is 0 Å². The predicted octanol–water partition coefficient (Wildman–Crippen LogP) is 8.83. The normalized spacial score (nSPS) is 11.8. The maximum atomic E-state index is 11.0. The molecule has 0 aliphatic carbocycles. The van der Waals surface area contributed by atoms with Crippen molar-refractivity contribution >= 4 is 10.4 Å². The minimum Gasteiger partial charge on any atom is -0.726 e. The summed E-state index contributed by atoms with van der Waals surface area (Å²) in [6.45, 7) is 4.62. The van der Waals surface area contributed by atoms with E-state index in [1.54, 1.807) is 0 Å². The molecule has 0 unspecified atom stereocenters. The molecule has 0 aliphatic heterocycles. The summed E-state index contributed by atoms with van der Waals surface area (Å²) in [5, 5.41) is 0. The summed E-state index contributed by atoms with van der Waals surface area (Å²) in [5.74, 6) is 0.198. The fourth-order valence-corrected chi connectivity index (χ4v) is 6.10. The summed E-state index contributed by atoms with van der Waals surface area (Å²) in [5.41, 5.74) is 0. The fraction of sp³-hybridized carbons (Fsp3) is 1.00. The van der Waals surface area contributed by atoms with Crippen LogP contribution in [0.4, 0.5) is 0 Å². The Morgan fingerprint density at radius 3 is 0.900 bits per heavy atom. The Bertz CT molecular complexity index is 538. The van der Waals surface area contributed by atoms with Crippen LogP contribution in [-0.4, -0.2) is 19.6 Å². The van der Waals surface area contributed by atoms with Crippen LogP contribution in [0.2, 0.25) is 0 Å². The SMILES string of the molecule is CCCCCCCCCCCCCCCCC(CCCCCCCCCCCCCCCC)COS(=O)(=O)[O-].[K+]. The number of unbranched alkanes of at least 4 members (excludes halogenated alkanes) is 26. The van der Waals surface area contributed by atoms with E-state index in [9.17, 15) is 13.0 Å². The van der Waals surface area contributed by atoms with Gasteiger partial charge in [-0.3, -0.25) is 4.18 Å².